The summed E-state index contributed by atoms with van der Waals surface area (Å²) in [4.78, 5) is 15.0. The number of halogens is 1. The van der Waals surface area contributed by atoms with Crippen molar-refractivity contribution in [3.63, 3.8) is 0 Å². The number of carbonyl (C=O) groups is 1. The minimum absolute atomic E-state index is 0.429. The lowest BCUT2D eigenvalue weighted by Gasteiger charge is -2.08. The van der Waals surface area contributed by atoms with Gasteiger partial charge in [-0.1, -0.05) is 11.6 Å². The molecule has 2 rings (SSSR count). The highest BCUT2D eigenvalue weighted by Crippen LogP contribution is 2.27. The van der Waals surface area contributed by atoms with E-state index in [0.29, 0.717) is 22.1 Å². The number of pyridine rings is 1. The van der Waals surface area contributed by atoms with E-state index in [0.717, 1.165) is 12.0 Å². The number of aldehydes is 1. The molecule has 1 aromatic carbocycles. The molecule has 0 saturated heterocycles. The Hall–Kier alpha value is -1.87. The summed E-state index contributed by atoms with van der Waals surface area (Å²) in [6, 6.07) is 8.49. The molecule has 0 aliphatic rings. The average molecular weight is 248 g/mol. The molecule has 0 aliphatic heterocycles. The van der Waals surface area contributed by atoms with Crippen molar-refractivity contribution in [1.29, 1.82) is 0 Å². The highest BCUT2D eigenvalue weighted by Gasteiger charge is 2.05. The maximum absolute atomic E-state index is 10.8. The number of nitrogens with zero attached hydrogens (tertiary/aromatic N) is 1. The monoisotopic (exact) mass is 247 g/mol. The van der Waals surface area contributed by atoms with Crippen LogP contribution in [-0.4, -0.2) is 11.3 Å². The maximum atomic E-state index is 10.8. The van der Waals surface area contributed by atoms with Crippen LogP contribution in [0.25, 0.3) is 0 Å². The van der Waals surface area contributed by atoms with Crippen molar-refractivity contribution in [2.75, 3.05) is 0 Å². The third kappa shape index (κ3) is 2.82. The number of carbonyl (C=O) groups excluding carboxylic acids is 1. The van der Waals surface area contributed by atoms with Crippen molar-refractivity contribution in [2.45, 2.75) is 6.92 Å². The van der Waals surface area contributed by atoms with Crippen molar-refractivity contribution in [1.82, 2.24) is 4.98 Å². The molecule has 0 spiro atoms. The lowest BCUT2D eigenvalue weighted by molar-refractivity contribution is 0.112. The van der Waals surface area contributed by atoms with Gasteiger partial charge in [-0.2, -0.15) is 0 Å². The first-order chi connectivity index (χ1) is 8.19. The van der Waals surface area contributed by atoms with E-state index >= 15 is 0 Å². The molecule has 0 atom stereocenters. The molecule has 86 valence electrons. The summed E-state index contributed by atoms with van der Waals surface area (Å²) >= 11 is 5.85. The molecule has 0 bridgehead atoms. The first-order valence-electron chi connectivity index (χ1n) is 5.04. The Morgan fingerprint density at radius 2 is 2.12 bits per heavy atom. The van der Waals surface area contributed by atoms with Crippen LogP contribution >= 0.6 is 11.6 Å². The summed E-state index contributed by atoms with van der Waals surface area (Å²) in [5, 5.41) is 0.519. The van der Waals surface area contributed by atoms with Crippen molar-refractivity contribution < 1.29 is 9.53 Å². The molecule has 0 aliphatic carbocycles. The molecule has 0 radical (unpaired) electrons. The molecule has 4 heteroatoms. The molecular weight excluding hydrogens is 238 g/mol. The van der Waals surface area contributed by atoms with Gasteiger partial charge in [0, 0.05) is 16.8 Å². The maximum Gasteiger partial charge on any atom is 0.153 e. The van der Waals surface area contributed by atoms with Gasteiger partial charge in [-0.15, -0.1) is 0 Å². The van der Waals surface area contributed by atoms with Gasteiger partial charge in [0.1, 0.15) is 11.5 Å². The molecule has 0 unspecified atom stereocenters. The molecular formula is C13H10ClNO2. The number of aromatic nitrogens is 1. The van der Waals surface area contributed by atoms with E-state index in [1.807, 2.05) is 13.0 Å². The quantitative estimate of drug-likeness (QED) is 0.777. The van der Waals surface area contributed by atoms with Crippen LogP contribution in [0.15, 0.2) is 36.5 Å². The average Bonchev–Trinajstić information content (AvgIpc) is 2.32. The van der Waals surface area contributed by atoms with Crippen LogP contribution < -0.4 is 4.74 Å². The minimum Gasteiger partial charge on any atom is -0.455 e. The van der Waals surface area contributed by atoms with Crippen molar-refractivity contribution in [3.05, 3.63) is 52.8 Å². The number of hydrogen-bond donors (Lipinski definition) is 0. The van der Waals surface area contributed by atoms with Gasteiger partial charge in [0.15, 0.2) is 6.29 Å². The fourth-order valence-electron chi connectivity index (χ4n) is 1.34. The zero-order valence-corrected chi connectivity index (χ0v) is 9.94. The van der Waals surface area contributed by atoms with Gasteiger partial charge >= 0.3 is 0 Å². The molecule has 0 saturated carbocycles. The van der Waals surface area contributed by atoms with E-state index in [9.17, 15) is 4.79 Å². The second kappa shape index (κ2) is 4.97. The third-order valence-corrected chi connectivity index (χ3v) is 2.45. The second-order valence-electron chi connectivity index (χ2n) is 3.54. The number of rotatable bonds is 3. The molecule has 0 N–H and O–H groups in total. The van der Waals surface area contributed by atoms with Crippen LogP contribution in [0.2, 0.25) is 5.02 Å². The standard InChI is InChI=1S/C13H10ClNO2/c1-9-2-5-12(7-15-9)17-13-6-11(14)4-3-10(13)8-16/h2-8H,1H3. The Morgan fingerprint density at radius 3 is 2.76 bits per heavy atom. The van der Waals surface area contributed by atoms with Crippen LogP contribution in [-0.2, 0) is 0 Å². The molecule has 2 aromatic rings. The second-order valence-corrected chi connectivity index (χ2v) is 3.97. The zero-order valence-electron chi connectivity index (χ0n) is 9.18. The van der Waals surface area contributed by atoms with Crippen molar-refractivity contribution >= 4 is 17.9 Å². The molecule has 17 heavy (non-hydrogen) atoms. The van der Waals surface area contributed by atoms with Gasteiger partial charge in [0.2, 0.25) is 0 Å². The fraction of sp³-hybridized carbons (Fsp3) is 0.0769. The van der Waals surface area contributed by atoms with Crippen LogP contribution in [0.4, 0.5) is 0 Å². The number of ether oxygens (including phenoxy) is 1. The number of hydrogen-bond acceptors (Lipinski definition) is 3. The Balaban J connectivity index is 2.31. The summed E-state index contributed by atoms with van der Waals surface area (Å²) < 4.78 is 5.56. The first kappa shape index (κ1) is 11.6. The number of benzene rings is 1. The Kier molecular flexibility index (Phi) is 3.40. The Bertz CT molecular complexity index is 538. The summed E-state index contributed by atoms with van der Waals surface area (Å²) in [5.74, 6) is 0.999. The van der Waals surface area contributed by atoms with Gasteiger partial charge < -0.3 is 4.74 Å². The van der Waals surface area contributed by atoms with Crippen LogP contribution in [0.5, 0.6) is 11.5 Å². The lowest BCUT2D eigenvalue weighted by atomic mass is 10.2. The van der Waals surface area contributed by atoms with E-state index in [1.165, 1.54) is 0 Å². The largest absolute Gasteiger partial charge is 0.455 e. The summed E-state index contributed by atoms with van der Waals surface area (Å²) in [5.41, 5.74) is 1.36. The van der Waals surface area contributed by atoms with Crippen LogP contribution in [0.1, 0.15) is 16.1 Å². The molecule has 0 amide bonds. The van der Waals surface area contributed by atoms with Crippen LogP contribution in [0.3, 0.4) is 0 Å². The van der Waals surface area contributed by atoms with E-state index in [2.05, 4.69) is 4.98 Å². The smallest absolute Gasteiger partial charge is 0.153 e. The Morgan fingerprint density at radius 1 is 1.29 bits per heavy atom. The van der Waals surface area contributed by atoms with E-state index in [-0.39, 0.29) is 0 Å². The van der Waals surface area contributed by atoms with Crippen molar-refractivity contribution in [2.24, 2.45) is 0 Å². The fourth-order valence-corrected chi connectivity index (χ4v) is 1.50. The summed E-state index contributed by atoms with van der Waals surface area (Å²) in [6.07, 6.45) is 2.33. The highest BCUT2D eigenvalue weighted by molar-refractivity contribution is 6.30. The lowest BCUT2D eigenvalue weighted by Crippen LogP contribution is -1.91. The first-order valence-corrected chi connectivity index (χ1v) is 5.42. The van der Waals surface area contributed by atoms with Gasteiger partial charge in [-0.05, 0) is 31.2 Å². The minimum atomic E-state index is 0.429. The van der Waals surface area contributed by atoms with Gasteiger partial charge in [-0.3, -0.25) is 9.78 Å². The topological polar surface area (TPSA) is 39.2 Å². The number of aryl methyl sites for hydroxylation is 1. The Labute approximate surface area is 104 Å². The summed E-state index contributed by atoms with van der Waals surface area (Å²) in [6.45, 7) is 1.89. The van der Waals surface area contributed by atoms with E-state index in [1.54, 1.807) is 30.5 Å². The van der Waals surface area contributed by atoms with E-state index < -0.39 is 0 Å². The predicted molar refractivity (Wildman–Crippen MR) is 65.9 cm³/mol. The van der Waals surface area contributed by atoms with Gasteiger partial charge in [0.25, 0.3) is 0 Å². The van der Waals surface area contributed by atoms with Gasteiger partial charge in [-0.25, -0.2) is 0 Å². The van der Waals surface area contributed by atoms with Gasteiger partial charge in [0.05, 0.1) is 11.8 Å². The molecule has 3 nitrogen and oxygen atoms in total. The molecule has 1 aromatic heterocycles. The van der Waals surface area contributed by atoms with Crippen LogP contribution in [0, 0.1) is 6.92 Å². The molecule has 1 heterocycles. The SMILES string of the molecule is Cc1ccc(Oc2cc(Cl)ccc2C=O)cn1. The third-order valence-electron chi connectivity index (χ3n) is 2.21. The molecule has 0 fully saturated rings. The van der Waals surface area contributed by atoms with Crippen molar-refractivity contribution in [3.8, 4) is 11.5 Å². The van der Waals surface area contributed by atoms with E-state index in [4.69, 9.17) is 16.3 Å². The predicted octanol–water partition coefficient (Wildman–Crippen LogP) is 3.65. The normalized spacial score (nSPS) is 10.0. The zero-order chi connectivity index (χ0) is 12.3. The highest BCUT2D eigenvalue weighted by atomic mass is 35.5. The summed E-state index contributed by atoms with van der Waals surface area (Å²) in [7, 11) is 0.